The molecule has 17 heavy (non-hydrogen) atoms. The standard InChI is InChI=1S/C11H10N2O4/c1-2-17-11(16)7-8(14)6-4-3-5-12-9(6)13-10(7)15/h3-5H,2H2,1H3,(H2,12,13,14,15)/p-2. The van der Waals surface area contributed by atoms with Crippen LogP contribution in [-0.2, 0) is 4.74 Å². The lowest BCUT2D eigenvalue weighted by atomic mass is 10.1. The molecule has 0 aliphatic heterocycles. The maximum atomic E-state index is 11.9. The molecule has 0 fully saturated rings. The van der Waals surface area contributed by atoms with E-state index in [2.05, 4.69) is 14.7 Å². The van der Waals surface area contributed by atoms with E-state index >= 15 is 0 Å². The van der Waals surface area contributed by atoms with Crippen LogP contribution in [0.3, 0.4) is 0 Å². The van der Waals surface area contributed by atoms with Crippen molar-refractivity contribution in [3.8, 4) is 11.6 Å². The van der Waals surface area contributed by atoms with E-state index in [4.69, 9.17) is 0 Å². The SMILES string of the molecule is CCOC(=O)c1c([O-])nc2ncccc2c1[O-]. The number of rotatable bonds is 2. The highest BCUT2D eigenvalue weighted by Crippen LogP contribution is 2.28. The van der Waals surface area contributed by atoms with Gasteiger partial charge in [0.25, 0.3) is 0 Å². The lowest BCUT2D eigenvalue weighted by molar-refractivity contribution is -0.284. The molecule has 0 atom stereocenters. The van der Waals surface area contributed by atoms with Gasteiger partial charge in [-0.15, -0.1) is 0 Å². The fourth-order valence-corrected chi connectivity index (χ4v) is 1.43. The van der Waals surface area contributed by atoms with Crippen LogP contribution in [0.15, 0.2) is 18.3 Å². The lowest BCUT2D eigenvalue weighted by Crippen LogP contribution is -2.14. The molecule has 0 saturated carbocycles. The van der Waals surface area contributed by atoms with E-state index in [0.717, 1.165) is 0 Å². The molecule has 0 aliphatic carbocycles. The maximum absolute atomic E-state index is 11.9. The lowest BCUT2D eigenvalue weighted by Gasteiger charge is -2.20. The first kappa shape index (κ1) is 11.1. The minimum absolute atomic E-state index is 0.0375. The van der Waals surface area contributed by atoms with Crippen molar-refractivity contribution < 1.29 is 19.7 Å². The van der Waals surface area contributed by atoms with E-state index in [1.165, 1.54) is 18.3 Å². The van der Waals surface area contributed by atoms with E-state index < -0.39 is 23.2 Å². The highest BCUT2D eigenvalue weighted by atomic mass is 16.5. The average Bonchev–Trinajstić information content (AvgIpc) is 2.29. The van der Waals surface area contributed by atoms with Crippen molar-refractivity contribution in [3.63, 3.8) is 0 Å². The van der Waals surface area contributed by atoms with Crippen molar-refractivity contribution in [2.75, 3.05) is 6.61 Å². The van der Waals surface area contributed by atoms with Crippen LogP contribution in [0.2, 0.25) is 0 Å². The number of ether oxygens (including phenoxy) is 1. The summed E-state index contributed by atoms with van der Waals surface area (Å²) in [6, 6.07) is 2.99. The number of carbonyl (C=O) groups is 1. The Morgan fingerprint density at radius 1 is 1.47 bits per heavy atom. The summed E-state index contributed by atoms with van der Waals surface area (Å²) in [5.74, 6) is -2.54. The normalized spacial score (nSPS) is 10.4. The molecule has 0 amide bonds. The number of hydrogen-bond donors (Lipinski definition) is 0. The summed E-state index contributed by atoms with van der Waals surface area (Å²) in [6.45, 7) is 1.67. The van der Waals surface area contributed by atoms with Crippen LogP contribution in [0.25, 0.3) is 11.0 Å². The number of carbonyl (C=O) groups excluding carboxylic acids is 1. The Bertz CT molecular complexity index is 583. The third-order valence-electron chi connectivity index (χ3n) is 2.16. The second-order valence-corrected chi connectivity index (χ2v) is 3.22. The van der Waals surface area contributed by atoms with E-state index in [1.807, 2.05) is 0 Å². The second kappa shape index (κ2) is 4.25. The fraction of sp³-hybridized carbons (Fsp3) is 0.182. The molecule has 0 unspecified atom stereocenters. The molecule has 2 aromatic rings. The Labute approximate surface area is 96.5 Å². The number of esters is 1. The Hall–Kier alpha value is -2.37. The van der Waals surface area contributed by atoms with Crippen molar-refractivity contribution >= 4 is 17.0 Å². The molecule has 6 heteroatoms. The van der Waals surface area contributed by atoms with E-state index in [9.17, 15) is 15.0 Å². The van der Waals surface area contributed by atoms with Gasteiger partial charge in [0.15, 0.2) is 5.65 Å². The molecule has 88 valence electrons. The van der Waals surface area contributed by atoms with Gasteiger partial charge < -0.3 is 14.9 Å². The van der Waals surface area contributed by atoms with Gasteiger partial charge in [0.2, 0.25) is 0 Å². The van der Waals surface area contributed by atoms with E-state index in [1.54, 1.807) is 6.92 Å². The molecule has 0 radical (unpaired) electrons. The summed E-state index contributed by atoms with van der Waals surface area (Å²) >= 11 is 0. The van der Waals surface area contributed by atoms with Gasteiger partial charge in [-0.25, -0.2) is 14.8 Å². The van der Waals surface area contributed by atoms with E-state index in [-0.39, 0.29) is 17.6 Å². The summed E-state index contributed by atoms with van der Waals surface area (Å²) in [6.07, 6.45) is 1.41. The Morgan fingerprint density at radius 3 is 2.94 bits per heavy atom. The molecule has 0 aromatic carbocycles. The summed E-state index contributed by atoms with van der Waals surface area (Å²) in [4.78, 5) is 18.8. The highest BCUT2D eigenvalue weighted by Gasteiger charge is 2.12. The minimum atomic E-state index is -0.944. The smallest absolute Gasteiger partial charge is 0.338 e. The summed E-state index contributed by atoms with van der Waals surface area (Å²) in [5.41, 5.74) is -0.525. The predicted octanol–water partition coefficient (Wildman–Crippen LogP) is -0.0463. The van der Waals surface area contributed by atoms with Gasteiger partial charge in [0.1, 0.15) is 0 Å². The summed E-state index contributed by atoms with van der Waals surface area (Å²) in [5, 5.41) is 23.5. The zero-order valence-electron chi connectivity index (χ0n) is 8.97. The van der Waals surface area contributed by atoms with Crippen molar-refractivity contribution in [3.05, 3.63) is 23.9 Å². The zero-order valence-corrected chi connectivity index (χ0v) is 8.97. The van der Waals surface area contributed by atoms with Crippen LogP contribution in [-0.4, -0.2) is 22.5 Å². The van der Waals surface area contributed by atoms with Gasteiger partial charge in [-0.3, -0.25) is 0 Å². The van der Waals surface area contributed by atoms with Crippen molar-refractivity contribution in [2.24, 2.45) is 0 Å². The topological polar surface area (TPSA) is 98.2 Å². The molecular formula is C11H8N2O4-2. The first-order valence-corrected chi connectivity index (χ1v) is 4.95. The van der Waals surface area contributed by atoms with Crippen molar-refractivity contribution in [2.45, 2.75) is 6.92 Å². The average molecular weight is 232 g/mol. The number of hydrogen-bond acceptors (Lipinski definition) is 6. The quantitative estimate of drug-likeness (QED) is 0.673. The number of aromatic nitrogens is 2. The first-order chi connectivity index (χ1) is 8.15. The van der Waals surface area contributed by atoms with Crippen molar-refractivity contribution in [1.82, 2.24) is 9.97 Å². The Morgan fingerprint density at radius 2 is 2.24 bits per heavy atom. The van der Waals surface area contributed by atoms with Gasteiger partial charge in [-0.2, -0.15) is 0 Å². The molecule has 0 saturated heterocycles. The molecule has 6 nitrogen and oxygen atoms in total. The van der Waals surface area contributed by atoms with Crippen LogP contribution in [0, 0.1) is 0 Å². The first-order valence-electron chi connectivity index (χ1n) is 4.95. The van der Waals surface area contributed by atoms with E-state index in [0.29, 0.717) is 0 Å². The van der Waals surface area contributed by atoms with Crippen LogP contribution in [0.4, 0.5) is 0 Å². The van der Waals surface area contributed by atoms with Gasteiger partial charge in [0.05, 0.1) is 12.2 Å². The Balaban J connectivity index is 2.67. The van der Waals surface area contributed by atoms with Gasteiger partial charge in [0, 0.05) is 17.5 Å². The monoisotopic (exact) mass is 232 g/mol. The second-order valence-electron chi connectivity index (χ2n) is 3.22. The molecule has 2 rings (SSSR count). The van der Waals surface area contributed by atoms with Gasteiger partial charge >= 0.3 is 5.97 Å². The van der Waals surface area contributed by atoms with Crippen LogP contribution in [0.1, 0.15) is 17.3 Å². The number of fused-ring (bicyclic) bond motifs is 1. The maximum Gasteiger partial charge on any atom is 0.338 e. The van der Waals surface area contributed by atoms with Crippen LogP contribution < -0.4 is 10.2 Å². The predicted molar refractivity (Wildman–Crippen MR) is 54.4 cm³/mol. The minimum Gasteiger partial charge on any atom is -0.871 e. The molecule has 0 aliphatic rings. The number of pyridine rings is 2. The third kappa shape index (κ3) is 1.84. The molecule has 2 heterocycles. The van der Waals surface area contributed by atoms with Crippen LogP contribution >= 0.6 is 0 Å². The molecule has 2 aromatic heterocycles. The van der Waals surface area contributed by atoms with Gasteiger partial charge in [-0.05, 0) is 13.0 Å². The highest BCUT2D eigenvalue weighted by molar-refractivity contribution is 6.00. The Kier molecular flexibility index (Phi) is 2.78. The summed E-state index contributed by atoms with van der Waals surface area (Å²) < 4.78 is 4.64. The van der Waals surface area contributed by atoms with Crippen LogP contribution in [0.5, 0.6) is 11.6 Å². The van der Waals surface area contributed by atoms with Gasteiger partial charge in [-0.1, -0.05) is 11.8 Å². The number of nitrogens with zero attached hydrogens (tertiary/aromatic N) is 2. The largest absolute Gasteiger partial charge is 0.871 e. The molecule has 0 bridgehead atoms. The molecular weight excluding hydrogens is 224 g/mol. The fourth-order valence-electron chi connectivity index (χ4n) is 1.43. The molecule has 0 N–H and O–H groups in total. The summed E-state index contributed by atoms with van der Waals surface area (Å²) in [7, 11) is 0. The third-order valence-corrected chi connectivity index (χ3v) is 2.16. The zero-order chi connectivity index (χ0) is 12.4. The molecule has 0 spiro atoms. The van der Waals surface area contributed by atoms with Crippen molar-refractivity contribution in [1.29, 1.82) is 0 Å².